The van der Waals surface area contributed by atoms with Gasteiger partial charge in [0.2, 0.25) is 0 Å². The van der Waals surface area contributed by atoms with Crippen LogP contribution in [0.2, 0.25) is 0 Å². The maximum absolute atomic E-state index is 14.3. The van der Waals surface area contributed by atoms with Crippen molar-refractivity contribution in [1.29, 1.82) is 0 Å². The molecule has 5 rings (SSSR count). The Bertz CT molecular complexity index is 1490. The van der Waals surface area contributed by atoms with Crippen LogP contribution in [0.4, 0.5) is 0 Å². The van der Waals surface area contributed by atoms with Crippen molar-refractivity contribution in [1.82, 2.24) is 0 Å². The number of benzene rings is 5. The summed E-state index contributed by atoms with van der Waals surface area (Å²) in [5.41, 5.74) is 2.11. The fraction of sp³-hybridized carbons (Fsp3) is 0.0909. The Morgan fingerprint density at radius 3 is 1.37 bits per heavy atom. The van der Waals surface area contributed by atoms with E-state index in [4.69, 9.17) is 3.97 Å². The van der Waals surface area contributed by atoms with Crippen LogP contribution in [0.3, 0.4) is 0 Å². The summed E-state index contributed by atoms with van der Waals surface area (Å²) in [6.07, 6.45) is 1.12. The number of rotatable bonds is 9. The van der Waals surface area contributed by atoms with E-state index >= 15 is 0 Å². The molecule has 192 valence electrons. The van der Waals surface area contributed by atoms with E-state index in [-0.39, 0.29) is 4.90 Å². The Kier molecular flexibility index (Phi) is 7.32. The normalized spacial score (nSPS) is 12.9. The van der Waals surface area contributed by atoms with Gasteiger partial charge in [0.25, 0.3) is 0 Å². The Hall–Kier alpha value is -3.56. The molecular weight excluding hydrogens is 507 g/mol. The van der Waals surface area contributed by atoms with Crippen molar-refractivity contribution in [3.05, 3.63) is 157 Å². The molecule has 38 heavy (non-hydrogen) atoms. The van der Waals surface area contributed by atoms with E-state index in [0.29, 0.717) is 12.6 Å². The fourth-order valence-corrected chi connectivity index (χ4v) is 13.8. The summed E-state index contributed by atoms with van der Waals surface area (Å²) in [6, 6.07) is 46.9. The van der Waals surface area contributed by atoms with E-state index in [2.05, 4.69) is 12.1 Å². The minimum absolute atomic E-state index is 0.152. The average Bonchev–Trinajstić information content (AvgIpc) is 2.97. The monoisotopic (exact) mass is 538 g/mol. The van der Waals surface area contributed by atoms with Crippen LogP contribution >= 0.6 is 6.83 Å². The molecule has 0 bridgehead atoms. The van der Waals surface area contributed by atoms with Gasteiger partial charge in [-0.15, -0.1) is 0 Å². The molecule has 3 nitrogen and oxygen atoms in total. The molecular formula is C33H31O3PS. The van der Waals surface area contributed by atoms with Gasteiger partial charge in [0.05, 0.1) is 0 Å². The number of hydrogen-bond acceptors (Lipinski definition) is 3. The van der Waals surface area contributed by atoms with Crippen molar-refractivity contribution in [2.45, 2.75) is 18.2 Å². The van der Waals surface area contributed by atoms with Gasteiger partial charge in [-0.3, -0.25) is 0 Å². The van der Waals surface area contributed by atoms with E-state index in [1.165, 1.54) is 0 Å². The zero-order chi connectivity index (χ0) is 26.5. The van der Waals surface area contributed by atoms with Crippen molar-refractivity contribution < 1.29 is 12.4 Å². The first-order chi connectivity index (χ1) is 18.4. The van der Waals surface area contributed by atoms with Gasteiger partial charge in [-0.2, -0.15) is 0 Å². The SMILES string of the molecule is Cc1ccc(S(=O)(=O)OP(CCc2ccccc2)(c2ccccc2)(c2ccccc2)c2ccccc2)cc1. The van der Waals surface area contributed by atoms with Crippen LogP contribution in [-0.4, -0.2) is 14.6 Å². The van der Waals surface area contributed by atoms with Gasteiger partial charge in [0.15, 0.2) is 0 Å². The molecule has 0 spiro atoms. The van der Waals surface area contributed by atoms with Gasteiger partial charge < -0.3 is 0 Å². The van der Waals surface area contributed by atoms with Crippen molar-refractivity contribution in [3.8, 4) is 0 Å². The zero-order valence-electron chi connectivity index (χ0n) is 21.4. The van der Waals surface area contributed by atoms with Crippen molar-refractivity contribution in [2.75, 3.05) is 6.16 Å². The summed E-state index contributed by atoms with van der Waals surface area (Å²) in [5.74, 6) is 0. The van der Waals surface area contributed by atoms with E-state index in [9.17, 15) is 8.42 Å². The van der Waals surface area contributed by atoms with Crippen LogP contribution < -0.4 is 15.9 Å². The quantitative estimate of drug-likeness (QED) is 0.204. The van der Waals surface area contributed by atoms with Crippen molar-refractivity contribution >= 4 is 32.9 Å². The van der Waals surface area contributed by atoms with E-state index in [0.717, 1.165) is 27.0 Å². The molecule has 0 fully saturated rings. The Morgan fingerprint density at radius 1 is 0.553 bits per heavy atom. The summed E-state index contributed by atoms with van der Waals surface area (Å²) >= 11 is 0. The molecule has 0 unspecified atom stereocenters. The molecule has 0 heterocycles. The van der Waals surface area contributed by atoms with Crippen LogP contribution in [0.5, 0.6) is 0 Å². The molecule has 0 aromatic heterocycles. The van der Waals surface area contributed by atoms with E-state index < -0.39 is 16.9 Å². The third kappa shape index (κ3) is 4.72. The second-order valence-corrected chi connectivity index (χ2v) is 15.9. The van der Waals surface area contributed by atoms with Gasteiger partial charge in [-0.05, 0) is 0 Å². The van der Waals surface area contributed by atoms with Crippen LogP contribution in [0, 0.1) is 6.92 Å². The van der Waals surface area contributed by atoms with Crippen LogP contribution in [-0.2, 0) is 20.5 Å². The van der Waals surface area contributed by atoms with Gasteiger partial charge in [-0.1, -0.05) is 0 Å². The van der Waals surface area contributed by atoms with Crippen LogP contribution in [0.25, 0.3) is 0 Å². The Balaban J connectivity index is 1.87. The first kappa shape index (κ1) is 26.1. The summed E-state index contributed by atoms with van der Waals surface area (Å²) in [7, 11) is -4.18. The molecule has 5 aromatic rings. The molecule has 0 saturated carbocycles. The molecule has 0 atom stereocenters. The molecule has 5 heteroatoms. The number of hydrogen-bond donors (Lipinski definition) is 0. The first-order valence-electron chi connectivity index (χ1n) is 12.7. The van der Waals surface area contributed by atoms with Crippen molar-refractivity contribution in [3.63, 3.8) is 0 Å². The maximum atomic E-state index is 14.3. The second kappa shape index (κ2) is 10.7. The minimum atomic E-state index is -4.18. The third-order valence-corrected chi connectivity index (χ3v) is 15.3. The van der Waals surface area contributed by atoms with Crippen molar-refractivity contribution in [2.24, 2.45) is 0 Å². The van der Waals surface area contributed by atoms with Crippen LogP contribution in [0.1, 0.15) is 11.1 Å². The average molecular weight is 539 g/mol. The van der Waals surface area contributed by atoms with Gasteiger partial charge in [0, 0.05) is 0 Å². The molecule has 0 radical (unpaired) electrons. The molecule has 0 aliphatic rings. The summed E-state index contributed by atoms with van der Waals surface area (Å²) in [4.78, 5) is 0.152. The standard InChI is InChI=1S/C33H31O3PS/c1-28-22-24-33(25-23-28)38(34,35)36-37(30-16-8-3-9-17-30,31-18-10-4-11-19-31,32-20-12-5-13-21-32)27-26-29-14-6-2-7-15-29/h2-25H,26-27H2,1H3. The Morgan fingerprint density at radius 2 is 0.947 bits per heavy atom. The van der Waals surface area contributed by atoms with E-state index in [1.54, 1.807) is 12.1 Å². The summed E-state index contributed by atoms with van der Waals surface area (Å²) in [6.45, 7) is -2.17. The van der Waals surface area contributed by atoms with Gasteiger partial charge in [0.1, 0.15) is 0 Å². The molecule has 0 amide bonds. The van der Waals surface area contributed by atoms with Gasteiger partial charge >= 0.3 is 226 Å². The first-order valence-corrected chi connectivity index (χ1v) is 16.4. The summed E-state index contributed by atoms with van der Waals surface area (Å²) < 4.78 is 35.5. The molecule has 0 aliphatic carbocycles. The van der Waals surface area contributed by atoms with E-state index in [1.807, 2.05) is 128 Å². The summed E-state index contributed by atoms with van der Waals surface area (Å²) in [5, 5.41) is 2.63. The third-order valence-electron chi connectivity index (χ3n) is 7.15. The predicted octanol–water partition coefficient (Wildman–Crippen LogP) is 6.39. The predicted molar refractivity (Wildman–Crippen MR) is 160 cm³/mol. The fourth-order valence-electron chi connectivity index (χ4n) is 5.18. The molecule has 0 saturated heterocycles. The van der Waals surface area contributed by atoms with Crippen LogP contribution in [0.15, 0.2) is 150 Å². The second-order valence-electron chi connectivity index (χ2n) is 9.52. The molecule has 0 aliphatic heterocycles. The molecule has 0 N–H and O–H groups in total. The number of aryl methyl sites for hydroxylation is 2. The topological polar surface area (TPSA) is 43.4 Å². The molecule has 5 aromatic carbocycles. The Labute approximate surface area is 225 Å². The van der Waals surface area contributed by atoms with Gasteiger partial charge in [-0.25, -0.2) is 0 Å². The zero-order valence-corrected chi connectivity index (χ0v) is 23.1.